The summed E-state index contributed by atoms with van der Waals surface area (Å²) in [6.07, 6.45) is 4.98. The third kappa shape index (κ3) is 2.91. The zero-order valence-electron chi connectivity index (χ0n) is 8.45. The van der Waals surface area contributed by atoms with Gasteiger partial charge in [-0.1, -0.05) is 5.92 Å². The molecule has 0 aliphatic carbocycles. The first-order valence-corrected chi connectivity index (χ1v) is 5.86. The van der Waals surface area contributed by atoms with Crippen molar-refractivity contribution in [3.05, 3.63) is 24.3 Å². The van der Waals surface area contributed by atoms with Crippen molar-refractivity contribution in [2.75, 3.05) is 11.9 Å². The monoisotopic (exact) mass is 263 g/mol. The van der Waals surface area contributed by atoms with Gasteiger partial charge in [0.05, 0.1) is 11.4 Å². The summed E-state index contributed by atoms with van der Waals surface area (Å²) in [6, 6.07) is 4.19. The molecule has 3 nitrogen and oxygen atoms in total. The van der Waals surface area contributed by atoms with Crippen molar-refractivity contribution in [3.63, 3.8) is 0 Å². The number of hydrogen-bond donors (Lipinski definition) is 1. The highest BCUT2D eigenvalue weighted by molar-refractivity contribution is 7.92. The molecule has 0 fully saturated rings. The summed E-state index contributed by atoms with van der Waals surface area (Å²) >= 11 is 0. The topological polar surface area (TPSA) is 46.2 Å². The Labute approximate surface area is 96.6 Å². The summed E-state index contributed by atoms with van der Waals surface area (Å²) in [5.41, 5.74) is -4.84. The van der Waals surface area contributed by atoms with E-state index in [2.05, 4.69) is 11.2 Å². The predicted octanol–water partition coefficient (Wildman–Crippen LogP) is 2.03. The lowest BCUT2D eigenvalue weighted by molar-refractivity contribution is -0.0436. The molecule has 92 valence electrons. The van der Waals surface area contributed by atoms with Crippen LogP contribution in [0.15, 0.2) is 29.2 Å². The summed E-state index contributed by atoms with van der Waals surface area (Å²) in [4.78, 5) is -0.795. The van der Waals surface area contributed by atoms with Gasteiger partial charge in [-0.3, -0.25) is 0 Å². The molecule has 17 heavy (non-hydrogen) atoms. The molecule has 0 atom stereocenters. The second-order valence-electron chi connectivity index (χ2n) is 3.03. The molecule has 1 aromatic carbocycles. The number of sulfone groups is 1. The van der Waals surface area contributed by atoms with E-state index in [0.717, 1.165) is 12.1 Å². The molecule has 0 aliphatic rings. The first-order chi connectivity index (χ1) is 7.79. The number of hydrogen-bond acceptors (Lipinski definition) is 3. The van der Waals surface area contributed by atoms with E-state index in [1.54, 1.807) is 0 Å². The first-order valence-electron chi connectivity index (χ1n) is 4.38. The number of alkyl halides is 3. The molecule has 1 aromatic rings. The van der Waals surface area contributed by atoms with E-state index in [1.807, 2.05) is 0 Å². The summed E-state index contributed by atoms with van der Waals surface area (Å²) < 4.78 is 58.6. The van der Waals surface area contributed by atoms with Gasteiger partial charge >= 0.3 is 5.51 Å². The number of terminal acetylenes is 1. The molecule has 0 unspecified atom stereocenters. The number of halogens is 3. The lowest BCUT2D eigenvalue weighted by Crippen LogP contribution is -2.23. The van der Waals surface area contributed by atoms with Gasteiger partial charge in [-0.15, -0.1) is 6.42 Å². The van der Waals surface area contributed by atoms with E-state index in [-0.39, 0.29) is 6.54 Å². The van der Waals surface area contributed by atoms with Crippen LogP contribution in [-0.2, 0) is 9.84 Å². The molecule has 0 saturated carbocycles. The van der Waals surface area contributed by atoms with E-state index in [0.29, 0.717) is 5.69 Å². The summed E-state index contributed by atoms with van der Waals surface area (Å²) in [6.45, 7) is 0.200. The number of rotatable bonds is 3. The Kier molecular flexibility index (Phi) is 3.68. The van der Waals surface area contributed by atoms with Crippen LogP contribution in [0.5, 0.6) is 0 Å². The molecule has 0 aliphatic heterocycles. The van der Waals surface area contributed by atoms with Crippen LogP contribution in [-0.4, -0.2) is 20.5 Å². The molecular weight excluding hydrogens is 255 g/mol. The lowest BCUT2D eigenvalue weighted by atomic mass is 10.3. The Morgan fingerprint density at radius 2 is 1.76 bits per heavy atom. The number of benzene rings is 1. The molecule has 0 saturated heterocycles. The first kappa shape index (κ1) is 13.4. The fraction of sp³-hybridized carbons (Fsp3) is 0.200. The summed E-state index contributed by atoms with van der Waals surface area (Å²) in [7, 11) is -5.28. The fourth-order valence-electron chi connectivity index (χ4n) is 1.04. The van der Waals surface area contributed by atoms with Crippen LogP contribution in [0.3, 0.4) is 0 Å². The zero-order valence-corrected chi connectivity index (χ0v) is 9.27. The molecule has 0 spiro atoms. The van der Waals surface area contributed by atoms with Gasteiger partial charge in [-0.2, -0.15) is 13.2 Å². The second kappa shape index (κ2) is 4.67. The van der Waals surface area contributed by atoms with Crippen LogP contribution < -0.4 is 5.32 Å². The van der Waals surface area contributed by atoms with Gasteiger partial charge in [0.15, 0.2) is 0 Å². The van der Waals surface area contributed by atoms with Crippen LogP contribution in [0.25, 0.3) is 0 Å². The van der Waals surface area contributed by atoms with Crippen LogP contribution in [0.1, 0.15) is 0 Å². The third-order valence-electron chi connectivity index (χ3n) is 1.86. The minimum atomic E-state index is -5.29. The van der Waals surface area contributed by atoms with Gasteiger partial charge in [0.25, 0.3) is 9.84 Å². The average Bonchev–Trinajstić information content (AvgIpc) is 2.25. The summed E-state index contributed by atoms with van der Waals surface area (Å²) in [5, 5.41) is 2.70. The minimum absolute atomic E-state index is 0.200. The molecule has 1 rings (SSSR count). The Morgan fingerprint density at radius 1 is 1.24 bits per heavy atom. The van der Waals surface area contributed by atoms with Crippen molar-refractivity contribution in [1.82, 2.24) is 0 Å². The van der Waals surface area contributed by atoms with Crippen molar-refractivity contribution in [1.29, 1.82) is 0 Å². The fourth-order valence-corrected chi connectivity index (χ4v) is 1.80. The minimum Gasteiger partial charge on any atom is -0.374 e. The van der Waals surface area contributed by atoms with E-state index in [1.165, 1.54) is 12.1 Å². The van der Waals surface area contributed by atoms with Crippen molar-refractivity contribution in [2.24, 2.45) is 0 Å². The SMILES string of the molecule is C#CCNc1ccc(S(=O)(=O)C(F)(F)F)cc1. The molecule has 0 bridgehead atoms. The highest BCUT2D eigenvalue weighted by atomic mass is 32.2. The molecule has 0 amide bonds. The predicted molar refractivity (Wildman–Crippen MR) is 57.0 cm³/mol. The van der Waals surface area contributed by atoms with Gasteiger partial charge < -0.3 is 5.32 Å². The van der Waals surface area contributed by atoms with Crippen LogP contribution in [0.2, 0.25) is 0 Å². The standard InChI is InChI=1S/C10H8F3NO2S/c1-2-7-14-8-3-5-9(6-4-8)17(15,16)10(11,12)13/h1,3-6,14H,7H2. The van der Waals surface area contributed by atoms with Gasteiger partial charge in [0, 0.05) is 5.69 Å². The summed E-state index contributed by atoms with van der Waals surface area (Å²) in [5.74, 6) is 2.28. The molecule has 0 radical (unpaired) electrons. The van der Waals surface area contributed by atoms with Crippen molar-refractivity contribution >= 4 is 15.5 Å². The molecule has 7 heteroatoms. The maximum atomic E-state index is 12.2. The quantitative estimate of drug-likeness (QED) is 0.849. The smallest absolute Gasteiger partial charge is 0.374 e. The zero-order chi connectivity index (χ0) is 13.1. The van der Waals surface area contributed by atoms with Gasteiger partial charge in [-0.05, 0) is 24.3 Å². The highest BCUT2D eigenvalue weighted by Gasteiger charge is 2.46. The van der Waals surface area contributed by atoms with Crippen molar-refractivity contribution in [3.8, 4) is 12.3 Å². The maximum Gasteiger partial charge on any atom is 0.501 e. The normalized spacial score (nSPS) is 11.9. The Morgan fingerprint density at radius 3 is 2.18 bits per heavy atom. The van der Waals surface area contributed by atoms with Crippen LogP contribution >= 0.6 is 0 Å². The van der Waals surface area contributed by atoms with Gasteiger partial charge in [0.2, 0.25) is 0 Å². The van der Waals surface area contributed by atoms with Crippen LogP contribution in [0.4, 0.5) is 18.9 Å². The second-order valence-corrected chi connectivity index (χ2v) is 4.97. The van der Waals surface area contributed by atoms with E-state index in [9.17, 15) is 21.6 Å². The average molecular weight is 263 g/mol. The lowest BCUT2D eigenvalue weighted by Gasteiger charge is -2.08. The van der Waals surface area contributed by atoms with E-state index < -0.39 is 20.2 Å². The van der Waals surface area contributed by atoms with E-state index >= 15 is 0 Å². The number of anilines is 1. The Bertz CT molecular complexity index is 526. The Balaban J connectivity index is 3.01. The number of nitrogens with one attached hydrogen (secondary N) is 1. The molecular formula is C10H8F3NO2S. The largest absolute Gasteiger partial charge is 0.501 e. The van der Waals surface area contributed by atoms with Crippen molar-refractivity contribution < 1.29 is 21.6 Å². The van der Waals surface area contributed by atoms with E-state index in [4.69, 9.17) is 6.42 Å². The highest BCUT2D eigenvalue weighted by Crippen LogP contribution is 2.30. The van der Waals surface area contributed by atoms with Gasteiger partial charge in [-0.25, -0.2) is 8.42 Å². The maximum absolute atomic E-state index is 12.2. The molecule has 0 aromatic heterocycles. The molecule has 0 heterocycles. The Hall–Kier alpha value is -1.68. The van der Waals surface area contributed by atoms with Crippen LogP contribution in [0, 0.1) is 12.3 Å². The van der Waals surface area contributed by atoms with Gasteiger partial charge in [0.1, 0.15) is 0 Å². The van der Waals surface area contributed by atoms with Crippen molar-refractivity contribution in [2.45, 2.75) is 10.4 Å². The third-order valence-corrected chi connectivity index (χ3v) is 3.37. The molecule has 1 N–H and O–H groups in total.